The molecule has 0 bridgehead atoms. The first kappa shape index (κ1) is 22.2. The van der Waals surface area contributed by atoms with E-state index >= 15 is 0 Å². The minimum atomic E-state index is -0.221. The van der Waals surface area contributed by atoms with Crippen molar-refractivity contribution in [1.82, 2.24) is 14.3 Å². The Balaban J connectivity index is 1.73. The van der Waals surface area contributed by atoms with Crippen LogP contribution >= 0.6 is 24.0 Å². The van der Waals surface area contributed by atoms with Crippen LogP contribution in [0.5, 0.6) is 0 Å². The fourth-order valence-corrected chi connectivity index (χ4v) is 4.65. The number of nitrogens with zero attached hydrogens (tertiary/aromatic N) is 3. The summed E-state index contributed by atoms with van der Waals surface area (Å²) in [4.78, 5) is 33.1. The van der Waals surface area contributed by atoms with Crippen LogP contribution in [0.15, 0.2) is 52.3 Å². The highest BCUT2D eigenvalue weighted by Crippen LogP contribution is 2.34. The van der Waals surface area contributed by atoms with E-state index in [2.05, 4.69) is 10.3 Å². The molecule has 32 heavy (non-hydrogen) atoms. The standard InChI is InChI=1S/C24H24N4O2S2/c1-4-11-25-21-18(22(29)27-13-16(3)7-10-20(27)26-21)12-19-23(30)28(24(31)32-19)14-17-8-5-15(2)6-9-17/h5-10,12-13,25H,4,11,14H2,1-3H3/b19-12-. The number of thiocarbonyl (C=S) groups is 1. The molecule has 0 spiro atoms. The lowest BCUT2D eigenvalue weighted by molar-refractivity contribution is -0.122. The van der Waals surface area contributed by atoms with Crippen LogP contribution in [0.1, 0.15) is 35.6 Å². The number of anilines is 1. The maximum Gasteiger partial charge on any atom is 0.267 e. The number of hydrogen-bond acceptors (Lipinski definition) is 6. The van der Waals surface area contributed by atoms with Gasteiger partial charge in [0.1, 0.15) is 15.8 Å². The van der Waals surface area contributed by atoms with Crippen molar-refractivity contribution in [3.05, 3.63) is 80.1 Å². The third-order valence-electron chi connectivity index (χ3n) is 5.16. The highest BCUT2D eigenvalue weighted by atomic mass is 32.2. The van der Waals surface area contributed by atoms with Crippen LogP contribution in [0.3, 0.4) is 0 Å². The first-order valence-electron chi connectivity index (χ1n) is 10.4. The van der Waals surface area contributed by atoms with Crippen LogP contribution in [0.2, 0.25) is 0 Å². The average molecular weight is 465 g/mol. The van der Waals surface area contributed by atoms with Crippen LogP contribution in [0, 0.1) is 13.8 Å². The molecular weight excluding hydrogens is 440 g/mol. The topological polar surface area (TPSA) is 66.7 Å². The second-order valence-corrected chi connectivity index (χ2v) is 9.47. The van der Waals surface area contributed by atoms with E-state index in [1.165, 1.54) is 16.2 Å². The summed E-state index contributed by atoms with van der Waals surface area (Å²) >= 11 is 6.69. The van der Waals surface area contributed by atoms with E-state index in [9.17, 15) is 9.59 Å². The van der Waals surface area contributed by atoms with Crippen molar-refractivity contribution in [2.45, 2.75) is 33.7 Å². The van der Waals surface area contributed by atoms with Gasteiger partial charge in [-0.05, 0) is 43.5 Å². The number of pyridine rings is 1. The summed E-state index contributed by atoms with van der Waals surface area (Å²) in [6, 6.07) is 11.7. The predicted octanol–water partition coefficient (Wildman–Crippen LogP) is 4.53. The number of rotatable bonds is 6. The van der Waals surface area contributed by atoms with Gasteiger partial charge in [-0.2, -0.15) is 0 Å². The third kappa shape index (κ3) is 4.47. The number of carbonyl (C=O) groups is 1. The van der Waals surface area contributed by atoms with Crippen LogP contribution in [-0.2, 0) is 11.3 Å². The summed E-state index contributed by atoms with van der Waals surface area (Å²) in [5, 5.41) is 3.23. The third-order valence-corrected chi connectivity index (χ3v) is 6.54. The van der Waals surface area contributed by atoms with Crippen molar-refractivity contribution in [2.75, 3.05) is 11.9 Å². The molecular formula is C24H24N4O2S2. The molecule has 1 saturated heterocycles. The van der Waals surface area contributed by atoms with Crippen molar-refractivity contribution < 1.29 is 4.79 Å². The maximum atomic E-state index is 13.3. The lowest BCUT2D eigenvalue weighted by Crippen LogP contribution is -2.27. The number of fused-ring (bicyclic) bond motifs is 1. The van der Waals surface area contributed by atoms with Crippen LogP contribution in [0.25, 0.3) is 11.7 Å². The summed E-state index contributed by atoms with van der Waals surface area (Å²) in [5.41, 5.74) is 3.81. The van der Waals surface area contributed by atoms with Crippen LogP contribution in [-0.4, -0.2) is 31.1 Å². The van der Waals surface area contributed by atoms with Crippen molar-refractivity contribution in [1.29, 1.82) is 0 Å². The minimum absolute atomic E-state index is 0.198. The second-order valence-electron chi connectivity index (χ2n) is 7.79. The molecule has 0 atom stereocenters. The molecule has 3 aromatic rings. The van der Waals surface area contributed by atoms with E-state index in [4.69, 9.17) is 12.2 Å². The largest absolute Gasteiger partial charge is 0.369 e. The number of thioether (sulfide) groups is 1. The van der Waals surface area contributed by atoms with Gasteiger partial charge in [-0.1, -0.05) is 66.8 Å². The maximum absolute atomic E-state index is 13.3. The monoisotopic (exact) mass is 464 g/mol. The molecule has 8 heteroatoms. The van der Waals surface area contributed by atoms with E-state index in [0.717, 1.165) is 23.1 Å². The lowest BCUT2D eigenvalue weighted by atomic mass is 10.1. The first-order valence-corrected chi connectivity index (χ1v) is 11.7. The van der Waals surface area contributed by atoms with Gasteiger partial charge in [0.15, 0.2) is 0 Å². The zero-order chi connectivity index (χ0) is 22.8. The van der Waals surface area contributed by atoms with Gasteiger partial charge in [-0.15, -0.1) is 0 Å². The molecule has 1 aliphatic heterocycles. The lowest BCUT2D eigenvalue weighted by Gasteiger charge is -2.14. The number of aryl methyl sites for hydroxylation is 2. The smallest absolute Gasteiger partial charge is 0.267 e. The molecule has 2 aromatic heterocycles. The number of amides is 1. The SMILES string of the molecule is CCCNc1nc2ccc(C)cn2c(=O)c1/C=C1\SC(=S)N(Cc2ccc(C)cc2)C1=O. The van der Waals surface area contributed by atoms with Gasteiger partial charge in [0.2, 0.25) is 0 Å². The Morgan fingerprint density at radius 1 is 1.09 bits per heavy atom. The summed E-state index contributed by atoms with van der Waals surface area (Å²) in [6.45, 7) is 7.06. The molecule has 1 N–H and O–H groups in total. The zero-order valence-electron chi connectivity index (χ0n) is 18.2. The number of hydrogen-bond donors (Lipinski definition) is 1. The van der Waals surface area contributed by atoms with Gasteiger partial charge in [-0.25, -0.2) is 4.98 Å². The van der Waals surface area contributed by atoms with Gasteiger partial charge >= 0.3 is 0 Å². The Morgan fingerprint density at radius 3 is 2.53 bits per heavy atom. The molecule has 0 unspecified atom stereocenters. The second kappa shape index (κ2) is 9.26. The Bertz CT molecular complexity index is 1300. The molecule has 6 nitrogen and oxygen atoms in total. The fourth-order valence-electron chi connectivity index (χ4n) is 3.41. The molecule has 1 fully saturated rings. The van der Waals surface area contributed by atoms with E-state index in [1.54, 1.807) is 17.2 Å². The van der Waals surface area contributed by atoms with Gasteiger partial charge in [0.25, 0.3) is 11.5 Å². The molecule has 164 valence electrons. The first-order chi connectivity index (χ1) is 15.4. The Morgan fingerprint density at radius 2 is 1.81 bits per heavy atom. The van der Waals surface area contributed by atoms with Crippen LogP contribution < -0.4 is 10.9 Å². The van der Waals surface area contributed by atoms with Crippen molar-refractivity contribution >= 4 is 51.7 Å². The van der Waals surface area contributed by atoms with Crippen LogP contribution in [0.4, 0.5) is 5.82 Å². The summed E-state index contributed by atoms with van der Waals surface area (Å²) in [7, 11) is 0. The number of aromatic nitrogens is 2. The quantitative estimate of drug-likeness (QED) is 0.427. The normalized spacial score (nSPS) is 15.2. The number of benzene rings is 1. The molecule has 3 heterocycles. The molecule has 0 saturated carbocycles. The summed E-state index contributed by atoms with van der Waals surface area (Å²) in [5.74, 6) is 0.278. The zero-order valence-corrected chi connectivity index (χ0v) is 19.8. The van der Waals surface area contributed by atoms with Crippen molar-refractivity contribution in [2.24, 2.45) is 0 Å². The number of carbonyl (C=O) groups excluding carboxylic acids is 1. The van der Waals surface area contributed by atoms with E-state index in [1.807, 2.05) is 57.2 Å². The van der Waals surface area contributed by atoms with Gasteiger partial charge in [0, 0.05) is 12.7 Å². The molecule has 0 aliphatic carbocycles. The van der Waals surface area contributed by atoms with Gasteiger partial charge in [0.05, 0.1) is 17.0 Å². The Hall–Kier alpha value is -2.97. The van der Waals surface area contributed by atoms with E-state index in [-0.39, 0.29) is 11.5 Å². The predicted molar refractivity (Wildman–Crippen MR) is 135 cm³/mol. The highest BCUT2D eigenvalue weighted by Gasteiger charge is 2.32. The molecule has 4 rings (SSSR count). The molecule has 0 radical (unpaired) electrons. The van der Waals surface area contributed by atoms with Crippen molar-refractivity contribution in [3.8, 4) is 0 Å². The summed E-state index contributed by atoms with van der Waals surface area (Å²) < 4.78 is 2.00. The van der Waals surface area contributed by atoms with Crippen molar-refractivity contribution in [3.63, 3.8) is 0 Å². The minimum Gasteiger partial charge on any atom is -0.369 e. The molecule has 1 aromatic carbocycles. The average Bonchev–Trinajstić information content (AvgIpc) is 3.03. The Labute approximate surface area is 196 Å². The Kier molecular flexibility index (Phi) is 6.43. The highest BCUT2D eigenvalue weighted by molar-refractivity contribution is 8.26. The fraction of sp³-hybridized carbons (Fsp3) is 0.250. The molecule has 1 amide bonds. The summed E-state index contributed by atoms with van der Waals surface area (Å²) in [6.07, 6.45) is 4.26. The van der Waals surface area contributed by atoms with E-state index < -0.39 is 0 Å². The molecule has 1 aliphatic rings. The van der Waals surface area contributed by atoms with Gasteiger partial charge < -0.3 is 5.32 Å². The van der Waals surface area contributed by atoms with E-state index in [0.29, 0.717) is 39.3 Å². The van der Waals surface area contributed by atoms with Gasteiger partial charge in [-0.3, -0.25) is 18.9 Å². The number of nitrogens with one attached hydrogen (secondary N) is 1.